The molecule has 0 aromatic rings. The van der Waals surface area contributed by atoms with Crippen LogP contribution in [-0.2, 0) is 33.2 Å². The molecule has 2 rings (SSSR count). The Hall–Kier alpha value is -1.01. The fourth-order valence-corrected chi connectivity index (χ4v) is 9.46. The van der Waals surface area contributed by atoms with Crippen LogP contribution >= 0.6 is 0 Å². The topological polar surface area (TPSA) is 214 Å². The molecule has 0 aromatic carbocycles. The molecule has 11 unspecified atom stereocenters. The molecule has 0 bridgehead atoms. The minimum Gasteiger partial charge on any atom is -0.457 e. The number of ether oxygens (including phenoxy) is 6. The molecule has 2 aliphatic heterocycles. The lowest BCUT2D eigenvalue weighted by atomic mass is 9.98. The van der Waals surface area contributed by atoms with E-state index < -0.39 is 80.7 Å². The predicted octanol–water partition coefficient (Wildman–Crippen LogP) is 9.64. The number of hydrogen-bond donors (Lipinski definition) is 7. The van der Waals surface area contributed by atoms with Crippen LogP contribution in [0, 0.1) is 0 Å². The van der Waals surface area contributed by atoms with E-state index in [4.69, 9.17) is 28.4 Å². The van der Waals surface area contributed by atoms with Crippen LogP contribution in [0.4, 0.5) is 0 Å². The molecule has 2 saturated heterocycles. The highest BCUT2D eigenvalue weighted by Crippen LogP contribution is 2.27. The Kier molecular flexibility index (Phi) is 40.3. The second kappa shape index (κ2) is 43.4. The number of unbranched alkanes of at least 4 members (excludes halogenated alkanes) is 33. The van der Waals surface area contributed by atoms with E-state index in [0.29, 0.717) is 13.0 Å². The summed E-state index contributed by atoms with van der Waals surface area (Å²) in [5.41, 5.74) is 0. The molecule has 7 N–H and O–H groups in total. The fraction of sp³-hybridized carbons (Fsp3) is 0.982. The van der Waals surface area contributed by atoms with Gasteiger partial charge in [0.15, 0.2) is 12.6 Å². The maximum atomic E-state index is 13.0. The van der Waals surface area contributed by atoms with Crippen molar-refractivity contribution >= 4 is 5.97 Å². The molecule has 69 heavy (non-hydrogen) atoms. The summed E-state index contributed by atoms with van der Waals surface area (Å²) in [6.07, 6.45) is 28.9. The third kappa shape index (κ3) is 30.7. The van der Waals surface area contributed by atoms with Crippen molar-refractivity contribution in [2.75, 3.05) is 33.0 Å². The summed E-state index contributed by atoms with van der Waals surface area (Å²) in [6.45, 7) is 3.74. The van der Waals surface area contributed by atoms with Gasteiger partial charge in [0.1, 0.15) is 54.9 Å². The Morgan fingerprint density at radius 1 is 0.420 bits per heavy atom. The van der Waals surface area contributed by atoms with E-state index in [2.05, 4.69) is 13.8 Å². The summed E-state index contributed by atoms with van der Waals surface area (Å²) in [6, 6.07) is 0. The molecule has 14 nitrogen and oxygen atoms in total. The van der Waals surface area contributed by atoms with E-state index in [1.54, 1.807) is 0 Å². The summed E-state index contributed by atoms with van der Waals surface area (Å²) in [7, 11) is 0. The van der Waals surface area contributed by atoms with Gasteiger partial charge in [0.2, 0.25) is 0 Å². The van der Waals surface area contributed by atoms with E-state index in [-0.39, 0.29) is 25.6 Å². The molecule has 0 radical (unpaired) electrons. The van der Waals surface area contributed by atoms with Gasteiger partial charge in [-0.3, -0.25) is 4.79 Å². The van der Waals surface area contributed by atoms with Crippen molar-refractivity contribution in [3.05, 3.63) is 0 Å². The van der Waals surface area contributed by atoms with Crippen LogP contribution in [0.5, 0.6) is 0 Å². The first-order chi connectivity index (χ1) is 33.6. The Balaban J connectivity index is 1.67. The number of rotatable bonds is 47. The second-order valence-electron chi connectivity index (χ2n) is 20.5. The van der Waals surface area contributed by atoms with Gasteiger partial charge < -0.3 is 64.2 Å². The predicted molar refractivity (Wildman–Crippen MR) is 271 cm³/mol. The number of carbonyl (C=O) groups is 1. The molecule has 2 aliphatic rings. The first-order valence-corrected chi connectivity index (χ1v) is 28.6. The van der Waals surface area contributed by atoms with Crippen molar-refractivity contribution in [2.45, 2.75) is 313 Å². The molecular weight excluding hydrogens is 885 g/mol. The molecule has 0 amide bonds. The summed E-state index contributed by atoms with van der Waals surface area (Å²) in [5.74, 6) is -0.370. The van der Waals surface area contributed by atoms with Crippen molar-refractivity contribution in [1.82, 2.24) is 0 Å². The molecule has 14 heteroatoms. The zero-order valence-corrected chi connectivity index (χ0v) is 43.8. The van der Waals surface area contributed by atoms with Gasteiger partial charge >= 0.3 is 5.97 Å². The number of aliphatic hydroxyl groups excluding tert-OH is 7. The van der Waals surface area contributed by atoms with Gasteiger partial charge in [-0.15, -0.1) is 0 Å². The Labute approximate surface area is 419 Å². The lowest BCUT2D eigenvalue weighted by molar-refractivity contribution is -0.332. The van der Waals surface area contributed by atoms with Crippen LogP contribution < -0.4 is 0 Å². The van der Waals surface area contributed by atoms with Crippen LogP contribution in [0.3, 0.4) is 0 Å². The van der Waals surface area contributed by atoms with Gasteiger partial charge in [0, 0.05) is 13.0 Å². The van der Waals surface area contributed by atoms with Gasteiger partial charge in [-0.1, -0.05) is 226 Å². The van der Waals surface area contributed by atoms with Gasteiger partial charge in [-0.05, 0) is 12.8 Å². The van der Waals surface area contributed by atoms with Crippen LogP contribution in [0.15, 0.2) is 0 Å². The summed E-state index contributed by atoms with van der Waals surface area (Å²) >= 11 is 0. The van der Waals surface area contributed by atoms with Gasteiger partial charge in [0.25, 0.3) is 0 Å². The monoisotopic (exact) mass is 991 g/mol. The Morgan fingerprint density at radius 2 is 0.768 bits per heavy atom. The third-order valence-corrected chi connectivity index (χ3v) is 14.1. The number of carbonyl (C=O) groups excluding carboxylic acids is 1. The first-order valence-electron chi connectivity index (χ1n) is 28.6. The second-order valence-corrected chi connectivity index (χ2v) is 20.5. The molecule has 0 aromatic heterocycles. The molecule has 2 heterocycles. The van der Waals surface area contributed by atoms with Crippen LogP contribution in [0.2, 0.25) is 0 Å². The average Bonchev–Trinajstić information content (AvgIpc) is 3.35. The van der Waals surface area contributed by atoms with Crippen molar-refractivity contribution in [1.29, 1.82) is 0 Å². The maximum Gasteiger partial charge on any atom is 0.306 e. The van der Waals surface area contributed by atoms with E-state index >= 15 is 0 Å². The maximum absolute atomic E-state index is 13.0. The standard InChI is InChI=1S/C55H106O14/c1-3-5-7-9-11-13-15-17-18-19-20-21-22-23-24-25-26-27-29-31-33-35-37-39-64-41-44(67-47(57)38-36-34-32-30-28-16-14-12-10-8-6-4-2)42-65-54-53(63)51(61)49(59)46(69-54)43-66-55-52(62)50(60)48(58)45(40-56)68-55/h44-46,48-56,58-63H,3-43H2,1-2H3. The highest BCUT2D eigenvalue weighted by Gasteiger charge is 2.47. The minimum absolute atomic E-state index is 0.0706. The van der Waals surface area contributed by atoms with E-state index in [1.807, 2.05) is 0 Å². The van der Waals surface area contributed by atoms with Crippen molar-refractivity contribution in [3.8, 4) is 0 Å². The molecular formula is C55H106O14. The zero-order valence-electron chi connectivity index (χ0n) is 43.8. The van der Waals surface area contributed by atoms with Crippen LogP contribution in [-0.4, -0.2) is 142 Å². The SMILES string of the molecule is CCCCCCCCCCCCCCCCCCCCCCCCCOCC(COC1OC(COC2OC(CO)C(O)C(O)C2O)C(O)C(O)C1O)OC(=O)CCCCCCCCCCCCCC. The molecule has 0 aliphatic carbocycles. The smallest absolute Gasteiger partial charge is 0.306 e. The van der Waals surface area contributed by atoms with E-state index in [0.717, 1.165) is 38.5 Å². The summed E-state index contributed by atoms with van der Waals surface area (Å²) in [4.78, 5) is 13.0. The molecule has 2 fully saturated rings. The van der Waals surface area contributed by atoms with Crippen LogP contribution in [0.1, 0.15) is 245 Å². The molecule has 11 atom stereocenters. The fourth-order valence-electron chi connectivity index (χ4n) is 9.46. The number of esters is 1. The van der Waals surface area contributed by atoms with E-state index in [9.17, 15) is 40.5 Å². The summed E-state index contributed by atoms with van der Waals surface area (Å²) in [5, 5.41) is 72.2. The van der Waals surface area contributed by atoms with Crippen molar-refractivity contribution in [3.63, 3.8) is 0 Å². The number of aliphatic hydroxyl groups is 7. The van der Waals surface area contributed by atoms with Gasteiger partial charge in [-0.25, -0.2) is 0 Å². The van der Waals surface area contributed by atoms with Gasteiger partial charge in [0.05, 0.1) is 26.4 Å². The highest BCUT2D eigenvalue weighted by molar-refractivity contribution is 5.69. The van der Waals surface area contributed by atoms with Gasteiger partial charge in [-0.2, -0.15) is 0 Å². The van der Waals surface area contributed by atoms with E-state index in [1.165, 1.54) is 180 Å². The van der Waals surface area contributed by atoms with Crippen molar-refractivity contribution in [2.24, 2.45) is 0 Å². The average molecular weight is 991 g/mol. The summed E-state index contributed by atoms with van der Waals surface area (Å²) < 4.78 is 34.4. The lowest BCUT2D eigenvalue weighted by Crippen LogP contribution is -2.61. The Bertz CT molecular complexity index is 1150. The van der Waals surface area contributed by atoms with Crippen LogP contribution in [0.25, 0.3) is 0 Å². The first kappa shape index (κ1) is 64.1. The normalized spacial score (nSPS) is 25.6. The Morgan fingerprint density at radius 3 is 1.17 bits per heavy atom. The lowest BCUT2D eigenvalue weighted by Gasteiger charge is -2.42. The molecule has 410 valence electrons. The largest absolute Gasteiger partial charge is 0.457 e. The quantitative estimate of drug-likeness (QED) is 0.0223. The minimum atomic E-state index is -1.70. The zero-order chi connectivity index (χ0) is 50.2. The number of hydrogen-bond acceptors (Lipinski definition) is 14. The van der Waals surface area contributed by atoms with Crippen molar-refractivity contribution < 1.29 is 69.0 Å². The third-order valence-electron chi connectivity index (χ3n) is 14.1. The molecule has 0 saturated carbocycles. The highest BCUT2D eigenvalue weighted by atomic mass is 16.7. The molecule has 0 spiro atoms.